The molecule has 3 heteroatoms. The highest BCUT2D eigenvalue weighted by atomic mass is 15.1. The smallest absolute Gasteiger partial charge is 0.116 e. The Hall–Kier alpha value is -2.42. The van der Waals surface area contributed by atoms with Crippen molar-refractivity contribution in [3.63, 3.8) is 0 Å². The summed E-state index contributed by atoms with van der Waals surface area (Å²) in [4.78, 5) is 0. The predicted molar refractivity (Wildman–Crippen MR) is 74.1 cm³/mol. The molecule has 0 atom stereocenters. The number of nitrogens with two attached hydrogens (primary N) is 1. The minimum Gasteiger partial charge on any atom is -0.396 e. The van der Waals surface area contributed by atoms with Crippen LogP contribution >= 0.6 is 0 Å². The highest BCUT2D eigenvalue weighted by Gasteiger charge is 2.09. The molecule has 18 heavy (non-hydrogen) atoms. The third kappa shape index (κ3) is 1.70. The predicted octanol–water partition coefficient (Wildman–Crippen LogP) is 3.19. The second-order valence-electron chi connectivity index (χ2n) is 4.35. The third-order valence-electron chi connectivity index (χ3n) is 3.00. The Kier molecular flexibility index (Phi) is 2.45. The number of aryl methyl sites for hydroxylation is 1. The summed E-state index contributed by atoms with van der Waals surface area (Å²) in [5, 5.41) is 9.41. The zero-order valence-corrected chi connectivity index (χ0v) is 10.1. The van der Waals surface area contributed by atoms with Gasteiger partial charge >= 0.3 is 0 Å². The van der Waals surface area contributed by atoms with E-state index in [0.29, 0.717) is 5.69 Å². The fraction of sp³-hybridized carbons (Fsp3) is 0.0667. The molecule has 0 radical (unpaired) electrons. The molecule has 3 rings (SSSR count). The maximum absolute atomic E-state index is 6.20. The van der Waals surface area contributed by atoms with E-state index in [0.717, 1.165) is 22.2 Å². The van der Waals surface area contributed by atoms with Gasteiger partial charge in [-0.05, 0) is 19.1 Å². The summed E-state index contributed by atoms with van der Waals surface area (Å²) in [7, 11) is 0. The number of nitrogens with zero attached hydrogens (tertiary/aromatic N) is 2. The van der Waals surface area contributed by atoms with E-state index in [1.165, 1.54) is 5.56 Å². The van der Waals surface area contributed by atoms with Crippen LogP contribution in [0, 0.1) is 6.92 Å². The highest BCUT2D eigenvalue weighted by Crippen LogP contribution is 2.29. The number of benzene rings is 2. The lowest BCUT2D eigenvalue weighted by molar-refractivity contribution is 1.08. The van der Waals surface area contributed by atoms with E-state index >= 15 is 0 Å². The van der Waals surface area contributed by atoms with Crippen molar-refractivity contribution >= 4 is 16.6 Å². The Balaban J connectivity index is 2.27. The van der Waals surface area contributed by atoms with Crippen LogP contribution in [0.4, 0.5) is 5.69 Å². The van der Waals surface area contributed by atoms with Gasteiger partial charge in [0.15, 0.2) is 0 Å². The number of nitrogen functional groups attached to an aromatic ring is 1. The van der Waals surface area contributed by atoms with E-state index in [1.54, 1.807) is 0 Å². The summed E-state index contributed by atoms with van der Waals surface area (Å²) in [6.07, 6.45) is 0. The maximum Gasteiger partial charge on any atom is 0.116 e. The molecule has 1 heterocycles. The largest absolute Gasteiger partial charge is 0.396 e. The number of aromatic nitrogens is 2. The van der Waals surface area contributed by atoms with E-state index < -0.39 is 0 Å². The molecule has 3 nitrogen and oxygen atoms in total. The van der Waals surface area contributed by atoms with Gasteiger partial charge in [-0.3, -0.25) is 0 Å². The van der Waals surface area contributed by atoms with Crippen LogP contribution in [0.25, 0.3) is 22.2 Å². The molecule has 3 aromatic rings. The van der Waals surface area contributed by atoms with Gasteiger partial charge in [-0.25, -0.2) is 0 Å². The molecule has 2 N–H and O–H groups in total. The van der Waals surface area contributed by atoms with Gasteiger partial charge < -0.3 is 5.73 Å². The molecular weight excluding hydrogens is 222 g/mol. The molecular formula is C15H13N3. The van der Waals surface area contributed by atoms with Crippen molar-refractivity contribution in [2.45, 2.75) is 6.92 Å². The fourth-order valence-electron chi connectivity index (χ4n) is 2.08. The summed E-state index contributed by atoms with van der Waals surface area (Å²) >= 11 is 0. The molecule has 88 valence electrons. The fourth-order valence-corrected chi connectivity index (χ4v) is 2.08. The number of hydrogen-bond acceptors (Lipinski definition) is 3. The second-order valence-corrected chi connectivity index (χ2v) is 4.35. The molecule has 0 aliphatic heterocycles. The van der Waals surface area contributed by atoms with Gasteiger partial charge in [-0.15, -0.1) is 10.2 Å². The van der Waals surface area contributed by atoms with Crippen LogP contribution in [-0.4, -0.2) is 10.2 Å². The third-order valence-corrected chi connectivity index (χ3v) is 3.00. The molecule has 0 bridgehead atoms. The molecule has 0 amide bonds. The van der Waals surface area contributed by atoms with E-state index in [-0.39, 0.29) is 0 Å². The first kappa shape index (κ1) is 10.7. The lowest BCUT2D eigenvalue weighted by Crippen LogP contribution is -1.98. The van der Waals surface area contributed by atoms with Crippen molar-refractivity contribution in [3.05, 3.63) is 54.1 Å². The van der Waals surface area contributed by atoms with Gasteiger partial charge in [0.05, 0.1) is 11.2 Å². The number of hydrogen-bond donors (Lipinski definition) is 1. The van der Waals surface area contributed by atoms with Crippen LogP contribution in [0.3, 0.4) is 0 Å². The Morgan fingerprint density at radius 2 is 1.78 bits per heavy atom. The van der Waals surface area contributed by atoms with E-state index in [2.05, 4.69) is 16.3 Å². The van der Waals surface area contributed by atoms with Crippen LogP contribution < -0.4 is 5.73 Å². The molecule has 0 aliphatic carbocycles. The summed E-state index contributed by atoms with van der Waals surface area (Å²) in [6, 6.07) is 15.9. The first-order valence-corrected chi connectivity index (χ1v) is 5.83. The van der Waals surface area contributed by atoms with Crippen LogP contribution in [0.15, 0.2) is 48.5 Å². The molecule has 0 saturated heterocycles. The number of rotatable bonds is 1. The van der Waals surface area contributed by atoms with E-state index in [4.69, 9.17) is 5.73 Å². The monoisotopic (exact) mass is 235 g/mol. The van der Waals surface area contributed by atoms with Crippen molar-refractivity contribution in [2.24, 2.45) is 0 Å². The molecule has 0 aliphatic rings. The maximum atomic E-state index is 6.20. The summed E-state index contributed by atoms with van der Waals surface area (Å²) in [5.74, 6) is 0. The van der Waals surface area contributed by atoms with Crippen molar-refractivity contribution in [3.8, 4) is 11.3 Å². The second kappa shape index (κ2) is 4.11. The molecule has 2 aromatic carbocycles. The Bertz CT molecular complexity index is 720. The van der Waals surface area contributed by atoms with Gasteiger partial charge in [0.25, 0.3) is 0 Å². The first-order chi connectivity index (χ1) is 8.75. The van der Waals surface area contributed by atoms with E-state index in [1.807, 2.05) is 49.4 Å². The summed E-state index contributed by atoms with van der Waals surface area (Å²) < 4.78 is 0. The molecule has 1 aromatic heterocycles. The molecule has 0 saturated carbocycles. The van der Waals surface area contributed by atoms with Crippen LogP contribution in [0.2, 0.25) is 0 Å². The van der Waals surface area contributed by atoms with Gasteiger partial charge in [0, 0.05) is 10.9 Å². The summed E-state index contributed by atoms with van der Waals surface area (Å²) in [5.41, 5.74) is 10.6. The molecule has 0 unspecified atom stereocenters. The van der Waals surface area contributed by atoms with Gasteiger partial charge in [0.1, 0.15) is 5.69 Å². The topological polar surface area (TPSA) is 51.8 Å². The van der Waals surface area contributed by atoms with E-state index in [9.17, 15) is 0 Å². The molecule has 0 spiro atoms. The average Bonchev–Trinajstić information content (AvgIpc) is 2.39. The van der Waals surface area contributed by atoms with Gasteiger partial charge in [-0.2, -0.15) is 0 Å². The van der Waals surface area contributed by atoms with Crippen molar-refractivity contribution < 1.29 is 0 Å². The summed E-state index contributed by atoms with van der Waals surface area (Å²) in [6.45, 7) is 2.05. The minimum atomic E-state index is 0.686. The quantitative estimate of drug-likeness (QED) is 0.704. The molecule has 0 fully saturated rings. The standard InChI is InChI=1S/C15H13N3/c1-10-5-4-6-11(9-10)15-14(16)12-7-2-3-8-13(12)17-18-15/h2-9H,1H3,(H2,16,17). The number of fused-ring (bicyclic) bond motifs is 1. The van der Waals surface area contributed by atoms with Gasteiger partial charge in [-0.1, -0.05) is 42.0 Å². The SMILES string of the molecule is Cc1cccc(-c2nnc3ccccc3c2N)c1. The van der Waals surface area contributed by atoms with Crippen LogP contribution in [0.1, 0.15) is 5.56 Å². The van der Waals surface area contributed by atoms with Crippen molar-refractivity contribution in [1.29, 1.82) is 0 Å². The van der Waals surface area contributed by atoms with Crippen molar-refractivity contribution in [1.82, 2.24) is 10.2 Å². The van der Waals surface area contributed by atoms with Crippen LogP contribution in [0.5, 0.6) is 0 Å². The Morgan fingerprint density at radius 1 is 0.944 bits per heavy atom. The number of anilines is 1. The van der Waals surface area contributed by atoms with Gasteiger partial charge in [0.2, 0.25) is 0 Å². The zero-order valence-electron chi connectivity index (χ0n) is 10.1. The Labute approximate surface area is 105 Å². The lowest BCUT2D eigenvalue weighted by atomic mass is 10.1. The normalized spacial score (nSPS) is 10.7. The average molecular weight is 235 g/mol. The van der Waals surface area contributed by atoms with Crippen molar-refractivity contribution in [2.75, 3.05) is 5.73 Å². The Morgan fingerprint density at radius 3 is 2.61 bits per heavy atom. The highest BCUT2D eigenvalue weighted by molar-refractivity contribution is 5.96. The lowest BCUT2D eigenvalue weighted by Gasteiger charge is -2.07. The minimum absolute atomic E-state index is 0.686. The van der Waals surface area contributed by atoms with Crippen LogP contribution in [-0.2, 0) is 0 Å². The first-order valence-electron chi connectivity index (χ1n) is 5.83. The zero-order chi connectivity index (χ0) is 12.5.